The van der Waals surface area contributed by atoms with E-state index in [-0.39, 0.29) is 24.0 Å². The van der Waals surface area contributed by atoms with Gasteiger partial charge in [-0.15, -0.1) is 0 Å². The predicted molar refractivity (Wildman–Crippen MR) is 182 cm³/mol. The lowest BCUT2D eigenvalue weighted by Gasteiger charge is -2.30. The summed E-state index contributed by atoms with van der Waals surface area (Å²) in [7, 11) is 3.59. The topological polar surface area (TPSA) is 75.1 Å². The molecule has 1 unspecified atom stereocenters. The number of aromatic nitrogens is 3. The number of methoxy groups -OCH3 is 1. The number of halogens is 3. The van der Waals surface area contributed by atoms with E-state index in [1.807, 2.05) is 43.6 Å². The molecular weight excluding hydrogens is 640 g/mol. The number of hydrogen-bond acceptors (Lipinski definition) is 5. The van der Waals surface area contributed by atoms with E-state index < -0.39 is 6.04 Å². The first-order valence-corrected chi connectivity index (χ1v) is 16.0. The Morgan fingerprint density at radius 1 is 1.11 bits per heavy atom. The SMILES string of the molecule is COc1cccc2nc(C(=O)N(CCN(C)Cc3c[nH]c4ccccc34)C3COc4c3ccc(Cl)c4Cl)c(-c3ccc(F)c(C)c3)n12. The number of nitrogens with one attached hydrogen (secondary N) is 1. The average molecular weight is 673 g/mol. The van der Waals surface area contributed by atoms with Crippen LogP contribution in [0.2, 0.25) is 10.0 Å². The predicted octanol–water partition coefficient (Wildman–Crippen LogP) is 7.95. The first-order chi connectivity index (χ1) is 22.7. The molecule has 0 radical (unpaired) electrons. The van der Waals surface area contributed by atoms with Crippen molar-refractivity contribution < 1.29 is 18.7 Å². The number of imidazole rings is 1. The lowest BCUT2D eigenvalue weighted by atomic mass is 10.0. The Hall–Kier alpha value is -4.57. The van der Waals surface area contributed by atoms with Crippen LogP contribution in [0.25, 0.3) is 27.8 Å². The Morgan fingerprint density at radius 3 is 2.74 bits per heavy atom. The third-order valence-electron chi connectivity index (χ3n) is 8.75. The molecule has 0 spiro atoms. The molecule has 1 atom stereocenters. The lowest BCUT2D eigenvalue weighted by Crippen LogP contribution is -2.41. The van der Waals surface area contributed by atoms with Crippen LogP contribution < -0.4 is 9.47 Å². The molecule has 3 aromatic heterocycles. The van der Waals surface area contributed by atoms with Crippen LogP contribution in [0.1, 0.15) is 33.2 Å². The van der Waals surface area contributed by atoms with Crippen LogP contribution in [0, 0.1) is 12.7 Å². The van der Waals surface area contributed by atoms with Crippen LogP contribution in [0.4, 0.5) is 4.39 Å². The Morgan fingerprint density at radius 2 is 1.94 bits per heavy atom. The van der Waals surface area contributed by atoms with Gasteiger partial charge in [0.2, 0.25) is 0 Å². The molecule has 4 heterocycles. The number of para-hydroxylation sites is 1. The molecule has 240 valence electrons. The number of benzene rings is 3. The molecule has 8 nitrogen and oxygen atoms in total. The van der Waals surface area contributed by atoms with Crippen LogP contribution in [0.3, 0.4) is 0 Å². The van der Waals surface area contributed by atoms with Gasteiger partial charge in [-0.2, -0.15) is 0 Å². The number of carbonyl (C=O) groups excluding carboxylic acids is 1. The molecule has 0 aliphatic carbocycles. The molecule has 7 rings (SSSR count). The van der Waals surface area contributed by atoms with Gasteiger partial charge < -0.3 is 24.3 Å². The number of H-pyrrole nitrogens is 1. The average Bonchev–Trinajstić information content (AvgIpc) is 3.80. The zero-order chi connectivity index (χ0) is 32.8. The summed E-state index contributed by atoms with van der Waals surface area (Å²) in [5.74, 6) is 0.324. The summed E-state index contributed by atoms with van der Waals surface area (Å²) >= 11 is 12.9. The summed E-state index contributed by atoms with van der Waals surface area (Å²) in [6.45, 7) is 3.49. The minimum atomic E-state index is -0.455. The first-order valence-electron chi connectivity index (χ1n) is 15.2. The molecule has 11 heteroatoms. The first kappa shape index (κ1) is 31.1. The molecular formula is C36H32Cl2FN5O3. The van der Waals surface area contributed by atoms with E-state index >= 15 is 0 Å². The summed E-state index contributed by atoms with van der Waals surface area (Å²) in [6, 6.07) is 21.5. The summed E-state index contributed by atoms with van der Waals surface area (Å²) < 4.78 is 28.0. The van der Waals surface area contributed by atoms with E-state index in [0.717, 1.165) is 16.5 Å². The van der Waals surface area contributed by atoms with Crippen molar-refractivity contribution in [2.45, 2.75) is 19.5 Å². The van der Waals surface area contributed by atoms with Gasteiger partial charge in [-0.1, -0.05) is 53.5 Å². The molecule has 0 fully saturated rings. The highest BCUT2D eigenvalue weighted by Gasteiger charge is 2.37. The molecule has 0 saturated heterocycles. The number of fused-ring (bicyclic) bond motifs is 3. The molecule has 3 aromatic carbocycles. The van der Waals surface area contributed by atoms with Gasteiger partial charge in [0.05, 0.1) is 23.9 Å². The van der Waals surface area contributed by atoms with Crippen molar-refractivity contribution in [3.8, 4) is 22.9 Å². The standard InChI is InChI=1S/C36H32Cl2FN5O3/c1-21-17-22(11-14-27(21)39)34-33(41-30-9-6-10-31(46-3)44(30)34)36(45)43(29-20-47-35-25(29)12-13-26(37)32(35)38)16-15-42(2)19-23-18-40-28-8-5-4-7-24(23)28/h4-14,17-18,29,40H,15-16,19-20H2,1-3H3. The number of ether oxygens (including phenoxy) is 2. The molecule has 47 heavy (non-hydrogen) atoms. The van der Waals surface area contributed by atoms with Gasteiger partial charge in [-0.05, 0) is 67.6 Å². The molecule has 0 saturated carbocycles. The van der Waals surface area contributed by atoms with Gasteiger partial charge in [0, 0.05) is 47.9 Å². The third-order valence-corrected chi connectivity index (χ3v) is 9.54. The molecule has 0 bridgehead atoms. The minimum Gasteiger partial charge on any atom is -0.489 e. The van der Waals surface area contributed by atoms with Crippen LogP contribution >= 0.6 is 23.2 Å². The van der Waals surface area contributed by atoms with Crippen molar-refractivity contribution in [2.24, 2.45) is 0 Å². The Balaban J connectivity index is 1.30. The maximum Gasteiger partial charge on any atom is 0.275 e. The number of likely N-dealkylation sites (N-methyl/N-ethyl adjacent to an activating group) is 1. The fraction of sp³-hybridized carbons (Fsp3) is 0.222. The van der Waals surface area contributed by atoms with Crippen molar-refractivity contribution in [1.82, 2.24) is 24.2 Å². The van der Waals surface area contributed by atoms with Crippen molar-refractivity contribution in [2.75, 3.05) is 33.9 Å². The molecule has 6 aromatic rings. The largest absolute Gasteiger partial charge is 0.489 e. The second-order valence-electron chi connectivity index (χ2n) is 11.7. The van der Waals surface area contributed by atoms with Crippen molar-refractivity contribution in [3.05, 3.63) is 117 Å². The van der Waals surface area contributed by atoms with Gasteiger partial charge in [0.15, 0.2) is 11.6 Å². The van der Waals surface area contributed by atoms with Gasteiger partial charge in [0.25, 0.3) is 5.91 Å². The number of rotatable bonds is 9. The number of pyridine rings is 1. The smallest absolute Gasteiger partial charge is 0.275 e. The fourth-order valence-corrected chi connectivity index (χ4v) is 6.72. The zero-order valence-electron chi connectivity index (χ0n) is 26.1. The van der Waals surface area contributed by atoms with Crippen LogP contribution in [-0.4, -0.2) is 63.9 Å². The van der Waals surface area contributed by atoms with E-state index in [2.05, 4.69) is 22.0 Å². The molecule has 1 N–H and O–H groups in total. The van der Waals surface area contributed by atoms with E-state index in [1.165, 1.54) is 11.6 Å². The van der Waals surface area contributed by atoms with E-state index in [0.29, 0.717) is 63.8 Å². The third kappa shape index (κ3) is 5.58. The van der Waals surface area contributed by atoms with Crippen molar-refractivity contribution in [1.29, 1.82) is 0 Å². The monoisotopic (exact) mass is 671 g/mol. The van der Waals surface area contributed by atoms with Gasteiger partial charge in [0.1, 0.15) is 28.8 Å². The number of aromatic amines is 1. The summed E-state index contributed by atoms with van der Waals surface area (Å²) in [4.78, 5) is 27.1. The number of amides is 1. The summed E-state index contributed by atoms with van der Waals surface area (Å²) in [5.41, 5.74) is 5.35. The Bertz CT molecular complexity index is 2140. The molecule has 1 aliphatic rings. The van der Waals surface area contributed by atoms with Crippen LogP contribution in [0.15, 0.2) is 79.0 Å². The quantitative estimate of drug-likeness (QED) is 0.169. The Labute approximate surface area is 281 Å². The highest BCUT2D eigenvalue weighted by atomic mass is 35.5. The second-order valence-corrected chi connectivity index (χ2v) is 12.5. The second kappa shape index (κ2) is 12.6. The van der Waals surface area contributed by atoms with E-state index in [1.54, 1.807) is 47.6 Å². The van der Waals surface area contributed by atoms with Crippen molar-refractivity contribution in [3.63, 3.8) is 0 Å². The van der Waals surface area contributed by atoms with Gasteiger partial charge in [-0.3, -0.25) is 9.20 Å². The maximum atomic E-state index is 14.9. The maximum absolute atomic E-state index is 14.9. The summed E-state index contributed by atoms with van der Waals surface area (Å²) in [6.07, 6.45) is 2.03. The summed E-state index contributed by atoms with van der Waals surface area (Å²) in [5, 5.41) is 1.86. The van der Waals surface area contributed by atoms with E-state index in [9.17, 15) is 9.18 Å². The highest BCUT2D eigenvalue weighted by molar-refractivity contribution is 6.43. The van der Waals surface area contributed by atoms with Gasteiger partial charge >= 0.3 is 0 Å². The van der Waals surface area contributed by atoms with Crippen LogP contribution in [-0.2, 0) is 6.54 Å². The molecule has 1 amide bonds. The van der Waals surface area contributed by atoms with E-state index in [4.69, 9.17) is 37.7 Å². The minimum absolute atomic E-state index is 0.203. The number of aryl methyl sites for hydroxylation is 1. The van der Waals surface area contributed by atoms with Crippen LogP contribution in [0.5, 0.6) is 11.6 Å². The number of hydrogen-bond donors (Lipinski definition) is 1. The van der Waals surface area contributed by atoms with Gasteiger partial charge in [-0.25, -0.2) is 9.37 Å². The van der Waals surface area contributed by atoms with Crippen molar-refractivity contribution >= 4 is 45.7 Å². The number of carbonyl (C=O) groups is 1. The number of nitrogens with zero attached hydrogens (tertiary/aromatic N) is 4. The molecule has 1 aliphatic heterocycles. The lowest BCUT2D eigenvalue weighted by molar-refractivity contribution is 0.0622. The zero-order valence-corrected chi connectivity index (χ0v) is 27.6. The Kier molecular flexibility index (Phi) is 8.30. The fourth-order valence-electron chi connectivity index (χ4n) is 6.34. The highest BCUT2D eigenvalue weighted by Crippen LogP contribution is 2.45. The normalized spacial score (nSPS) is 14.1.